The van der Waals surface area contributed by atoms with Crippen molar-refractivity contribution in [3.05, 3.63) is 82.0 Å². The second-order valence-electron chi connectivity index (χ2n) is 6.99. The first-order chi connectivity index (χ1) is 14.3. The lowest BCUT2D eigenvalue weighted by atomic mass is 10.0. The molecule has 4 rings (SSSR count). The zero-order valence-corrected chi connectivity index (χ0v) is 17.4. The topological polar surface area (TPSA) is 55.6 Å². The average molecular weight is 427 g/mol. The highest BCUT2D eigenvalue weighted by molar-refractivity contribution is 7.99. The normalized spacial score (nSPS) is 18.6. The van der Waals surface area contributed by atoms with Crippen molar-refractivity contribution in [1.29, 1.82) is 0 Å². The molecule has 1 aliphatic heterocycles. The van der Waals surface area contributed by atoms with Crippen LogP contribution in [0.5, 0.6) is 5.75 Å². The monoisotopic (exact) mass is 427 g/mol. The van der Waals surface area contributed by atoms with Gasteiger partial charge in [0.2, 0.25) is 0 Å². The number of aryl methyl sites for hydroxylation is 1. The van der Waals surface area contributed by atoms with Crippen molar-refractivity contribution in [1.82, 2.24) is 9.88 Å². The third-order valence-electron chi connectivity index (χ3n) is 4.90. The molecule has 0 bridgehead atoms. The molecule has 1 N–H and O–H groups in total. The fourth-order valence-corrected chi connectivity index (χ4v) is 3.61. The van der Waals surface area contributed by atoms with Gasteiger partial charge in [-0.25, -0.2) is 8.78 Å². The number of ether oxygens (including phenoxy) is 1. The van der Waals surface area contributed by atoms with E-state index in [1.54, 1.807) is 25.4 Å². The van der Waals surface area contributed by atoms with Gasteiger partial charge in [0.1, 0.15) is 5.82 Å². The van der Waals surface area contributed by atoms with Gasteiger partial charge >= 0.3 is 0 Å². The zero-order chi connectivity index (χ0) is 21.5. The standard InChI is InChI=1S/C22H19F2N3O2S/c1-22(30-3)25-11-19(29-18-9-8-13(23)10-17(18)24)20(26-22)16-12-27(2)21(28)15-7-5-4-6-14(15)16/h4-12,26H,1-3H3. The number of hydrogen-bond donors (Lipinski definition) is 1. The molecule has 30 heavy (non-hydrogen) atoms. The van der Waals surface area contributed by atoms with Crippen LogP contribution in [0.2, 0.25) is 0 Å². The van der Waals surface area contributed by atoms with Gasteiger partial charge < -0.3 is 14.6 Å². The van der Waals surface area contributed by atoms with Gasteiger partial charge in [0.05, 0.1) is 11.9 Å². The minimum atomic E-state index is -0.821. The van der Waals surface area contributed by atoms with Crippen LogP contribution in [0, 0.1) is 11.6 Å². The molecule has 5 nitrogen and oxygen atoms in total. The number of allylic oxidation sites excluding steroid dienone is 1. The summed E-state index contributed by atoms with van der Waals surface area (Å²) in [5, 5.41) is 4.62. The van der Waals surface area contributed by atoms with Crippen LogP contribution in [0.3, 0.4) is 0 Å². The molecule has 154 valence electrons. The van der Waals surface area contributed by atoms with Gasteiger partial charge in [0.25, 0.3) is 5.56 Å². The number of hydrogen-bond acceptors (Lipinski definition) is 5. The number of nitrogens with zero attached hydrogens (tertiary/aromatic N) is 2. The molecule has 1 aromatic heterocycles. The van der Waals surface area contributed by atoms with Crippen LogP contribution in [0.4, 0.5) is 8.78 Å². The average Bonchev–Trinajstić information content (AvgIpc) is 2.74. The predicted octanol–water partition coefficient (Wildman–Crippen LogP) is 4.28. The van der Waals surface area contributed by atoms with Gasteiger partial charge in [0.15, 0.2) is 22.3 Å². The highest BCUT2D eigenvalue weighted by Gasteiger charge is 2.30. The van der Waals surface area contributed by atoms with Crippen molar-refractivity contribution in [2.75, 3.05) is 6.26 Å². The van der Waals surface area contributed by atoms with Crippen molar-refractivity contribution in [2.24, 2.45) is 12.0 Å². The third kappa shape index (κ3) is 3.59. The minimum Gasteiger partial charge on any atom is -0.450 e. The van der Waals surface area contributed by atoms with Crippen molar-refractivity contribution < 1.29 is 13.5 Å². The summed E-state index contributed by atoms with van der Waals surface area (Å²) in [5.41, 5.74) is 1.13. The first-order valence-electron chi connectivity index (χ1n) is 9.16. The molecule has 0 amide bonds. The van der Waals surface area contributed by atoms with E-state index < -0.39 is 16.6 Å². The lowest BCUT2D eigenvalue weighted by Crippen LogP contribution is -2.40. The summed E-state index contributed by atoms with van der Waals surface area (Å²) in [7, 11) is 1.67. The maximum Gasteiger partial charge on any atom is 0.258 e. The lowest BCUT2D eigenvalue weighted by molar-refractivity contribution is 0.411. The number of aromatic nitrogens is 1. The summed E-state index contributed by atoms with van der Waals surface area (Å²) in [5.74, 6) is -1.38. The summed E-state index contributed by atoms with van der Waals surface area (Å²) in [6.45, 7) is 1.90. The van der Waals surface area contributed by atoms with Gasteiger partial charge in [-0.3, -0.25) is 9.79 Å². The molecular formula is C22H19F2N3O2S. The van der Waals surface area contributed by atoms with E-state index in [9.17, 15) is 13.6 Å². The van der Waals surface area contributed by atoms with E-state index in [0.29, 0.717) is 16.6 Å². The van der Waals surface area contributed by atoms with Crippen molar-refractivity contribution in [3.63, 3.8) is 0 Å². The van der Waals surface area contributed by atoms with Gasteiger partial charge in [-0.1, -0.05) is 18.2 Å². The molecule has 0 spiro atoms. The Balaban J connectivity index is 1.94. The molecule has 2 aromatic carbocycles. The first-order valence-corrected chi connectivity index (χ1v) is 10.4. The summed E-state index contributed by atoms with van der Waals surface area (Å²) in [4.78, 5) is 16.4. The van der Waals surface area contributed by atoms with E-state index in [1.165, 1.54) is 28.6 Å². The Morgan fingerprint density at radius 3 is 2.60 bits per heavy atom. The van der Waals surface area contributed by atoms with E-state index in [1.807, 2.05) is 25.3 Å². The number of fused-ring (bicyclic) bond motifs is 1. The van der Waals surface area contributed by atoms with Crippen molar-refractivity contribution in [3.8, 4) is 5.75 Å². The highest BCUT2D eigenvalue weighted by Crippen LogP contribution is 2.33. The number of halogens is 2. The van der Waals surface area contributed by atoms with E-state index >= 15 is 0 Å². The zero-order valence-electron chi connectivity index (χ0n) is 16.6. The molecule has 8 heteroatoms. The van der Waals surface area contributed by atoms with Gasteiger partial charge in [-0.05, 0) is 36.8 Å². The molecule has 1 unspecified atom stereocenters. The Labute approximate surface area is 176 Å². The molecule has 0 radical (unpaired) electrons. The summed E-state index contributed by atoms with van der Waals surface area (Å²) < 4.78 is 34.8. The van der Waals surface area contributed by atoms with Crippen molar-refractivity contribution in [2.45, 2.75) is 11.9 Å². The third-order valence-corrected chi connectivity index (χ3v) is 5.91. The maximum atomic E-state index is 14.2. The lowest BCUT2D eigenvalue weighted by Gasteiger charge is -2.32. The summed E-state index contributed by atoms with van der Waals surface area (Å²) in [6, 6.07) is 10.4. The number of thioether (sulfide) groups is 1. The Bertz CT molecular complexity index is 1270. The number of pyridine rings is 1. The second-order valence-corrected chi connectivity index (χ2v) is 8.19. The number of rotatable bonds is 4. The molecule has 2 heterocycles. The molecule has 1 aliphatic rings. The smallest absolute Gasteiger partial charge is 0.258 e. The fourth-order valence-electron chi connectivity index (χ4n) is 3.25. The van der Waals surface area contributed by atoms with Crippen LogP contribution < -0.4 is 15.6 Å². The first kappa shape index (κ1) is 20.2. The van der Waals surface area contributed by atoms with Gasteiger partial charge in [-0.2, -0.15) is 0 Å². The van der Waals surface area contributed by atoms with Gasteiger partial charge in [-0.15, -0.1) is 11.8 Å². The summed E-state index contributed by atoms with van der Waals surface area (Å²) in [6.07, 6.45) is 5.13. The van der Waals surface area contributed by atoms with Crippen LogP contribution in [0.1, 0.15) is 12.5 Å². The van der Waals surface area contributed by atoms with Crippen LogP contribution in [0.25, 0.3) is 16.5 Å². The molecule has 0 fully saturated rings. The Kier molecular flexibility index (Phi) is 5.11. The SMILES string of the molecule is CSC1(C)N=CC(Oc2ccc(F)cc2F)=C(c2cn(C)c(=O)c3ccccc23)N1. The van der Waals surface area contributed by atoms with Gasteiger partial charge in [0, 0.05) is 30.3 Å². The molecule has 0 saturated carbocycles. The van der Waals surface area contributed by atoms with Crippen LogP contribution in [-0.2, 0) is 7.05 Å². The molecule has 0 saturated heterocycles. The quantitative estimate of drug-likeness (QED) is 0.676. The highest BCUT2D eigenvalue weighted by atomic mass is 32.2. The maximum absolute atomic E-state index is 14.2. The molecular weight excluding hydrogens is 408 g/mol. The number of nitrogens with one attached hydrogen (secondary N) is 1. The van der Waals surface area contributed by atoms with Crippen LogP contribution in [-0.4, -0.2) is 22.0 Å². The van der Waals surface area contributed by atoms with Crippen LogP contribution in [0.15, 0.2) is 64.2 Å². The van der Waals surface area contributed by atoms with Crippen molar-refractivity contribution >= 4 is 34.4 Å². The number of aliphatic imine (C=N–C) groups is 1. The van der Waals surface area contributed by atoms with E-state index in [-0.39, 0.29) is 17.1 Å². The predicted molar refractivity (Wildman–Crippen MR) is 117 cm³/mol. The summed E-state index contributed by atoms with van der Waals surface area (Å²) >= 11 is 1.48. The van der Waals surface area contributed by atoms with E-state index in [0.717, 1.165) is 17.5 Å². The Hall–Kier alpha value is -3.13. The minimum absolute atomic E-state index is 0.126. The Morgan fingerprint density at radius 2 is 1.90 bits per heavy atom. The molecule has 0 aliphatic carbocycles. The molecule has 3 aromatic rings. The van der Waals surface area contributed by atoms with Crippen LogP contribution >= 0.6 is 11.8 Å². The Morgan fingerprint density at radius 1 is 1.17 bits per heavy atom. The number of benzene rings is 2. The largest absolute Gasteiger partial charge is 0.450 e. The van der Waals surface area contributed by atoms with E-state index in [4.69, 9.17) is 4.74 Å². The fraction of sp³-hybridized carbons (Fsp3) is 0.182. The molecule has 1 atom stereocenters. The second kappa shape index (κ2) is 7.60. The van der Waals surface area contributed by atoms with E-state index in [2.05, 4.69) is 10.3 Å².